The SMILES string of the molecule is CC.CC(C)=CCC/C(C)=C/CC/C(C)=C/C(C)C. The predicted molar refractivity (Wildman–Crippen MR) is 91.6 cm³/mol. The van der Waals surface area contributed by atoms with Gasteiger partial charge in [-0.3, -0.25) is 0 Å². The topological polar surface area (TPSA) is 0 Å². The van der Waals surface area contributed by atoms with Crippen LogP contribution in [-0.2, 0) is 0 Å². The summed E-state index contributed by atoms with van der Waals surface area (Å²) in [6.45, 7) is 17.3. The van der Waals surface area contributed by atoms with Gasteiger partial charge in [0.25, 0.3) is 0 Å². The third kappa shape index (κ3) is 17.2. The van der Waals surface area contributed by atoms with Crippen molar-refractivity contribution >= 4 is 0 Å². The van der Waals surface area contributed by atoms with Crippen LogP contribution in [-0.4, -0.2) is 0 Å². The average molecular weight is 264 g/mol. The summed E-state index contributed by atoms with van der Waals surface area (Å²) >= 11 is 0. The van der Waals surface area contributed by atoms with Gasteiger partial charge in [0.1, 0.15) is 0 Å². The quantitative estimate of drug-likeness (QED) is 0.431. The smallest absolute Gasteiger partial charge is 0.0288 e. The summed E-state index contributed by atoms with van der Waals surface area (Å²) in [6.07, 6.45) is 11.9. The van der Waals surface area contributed by atoms with Crippen LogP contribution in [0.1, 0.15) is 81.1 Å². The van der Waals surface area contributed by atoms with E-state index in [0.717, 1.165) is 0 Å². The highest BCUT2D eigenvalue weighted by molar-refractivity contribution is 5.05. The molecule has 0 saturated carbocycles. The molecule has 0 radical (unpaired) electrons. The molecule has 19 heavy (non-hydrogen) atoms. The van der Waals surface area contributed by atoms with E-state index in [1.807, 2.05) is 13.8 Å². The maximum Gasteiger partial charge on any atom is -0.0288 e. The van der Waals surface area contributed by atoms with Gasteiger partial charge < -0.3 is 0 Å². The molecular weight excluding hydrogens is 228 g/mol. The first-order chi connectivity index (χ1) is 8.91. The lowest BCUT2D eigenvalue weighted by molar-refractivity contribution is 0.805. The van der Waals surface area contributed by atoms with Crippen molar-refractivity contribution in [3.63, 3.8) is 0 Å². The second-order valence-electron chi connectivity index (χ2n) is 5.67. The van der Waals surface area contributed by atoms with Crippen LogP contribution < -0.4 is 0 Å². The number of hydrogen-bond donors (Lipinski definition) is 0. The highest BCUT2D eigenvalue weighted by Crippen LogP contribution is 2.12. The van der Waals surface area contributed by atoms with E-state index in [9.17, 15) is 0 Å². The van der Waals surface area contributed by atoms with Crippen molar-refractivity contribution < 1.29 is 0 Å². The molecule has 0 spiro atoms. The molecule has 0 nitrogen and oxygen atoms in total. The van der Waals surface area contributed by atoms with Gasteiger partial charge in [0.2, 0.25) is 0 Å². The van der Waals surface area contributed by atoms with Crippen molar-refractivity contribution in [1.82, 2.24) is 0 Å². The van der Waals surface area contributed by atoms with E-state index < -0.39 is 0 Å². The predicted octanol–water partition coefficient (Wildman–Crippen LogP) is 7.09. The molecule has 0 atom stereocenters. The molecule has 0 N–H and O–H groups in total. The van der Waals surface area contributed by atoms with E-state index in [0.29, 0.717) is 5.92 Å². The van der Waals surface area contributed by atoms with Crippen LogP contribution >= 0.6 is 0 Å². The van der Waals surface area contributed by atoms with Gasteiger partial charge in [0.15, 0.2) is 0 Å². The van der Waals surface area contributed by atoms with Gasteiger partial charge in [0, 0.05) is 0 Å². The molecule has 0 aromatic heterocycles. The van der Waals surface area contributed by atoms with Crippen molar-refractivity contribution in [3.8, 4) is 0 Å². The summed E-state index contributed by atoms with van der Waals surface area (Å²) in [4.78, 5) is 0. The zero-order valence-corrected chi connectivity index (χ0v) is 14.6. The highest BCUT2D eigenvalue weighted by Gasteiger charge is 1.93. The molecule has 0 rings (SSSR count). The van der Waals surface area contributed by atoms with Gasteiger partial charge in [-0.25, -0.2) is 0 Å². The molecule has 0 heteroatoms. The van der Waals surface area contributed by atoms with Gasteiger partial charge in [-0.1, -0.05) is 62.6 Å². The molecule has 0 bridgehead atoms. The van der Waals surface area contributed by atoms with Crippen molar-refractivity contribution in [2.75, 3.05) is 0 Å². The van der Waals surface area contributed by atoms with Crippen molar-refractivity contribution in [1.29, 1.82) is 0 Å². The molecule has 0 aromatic rings. The lowest BCUT2D eigenvalue weighted by Gasteiger charge is -2.03. The van der Waals surface area contributed by atoms with Gasteiger partial charge in [-0.05, 0) is 59.3 Å². The Balaban J connectivity index is 0. The van der Waals surface area contributed by atoms with Crippen molar-refractivity contribution in [2.24, 2.45) is 5.92 Å². The fourth-order valence-electron chi connectivity index (χ4n) is 1.89. The first-order valence-corrected chi connectivity index (χ1v) is 7.88. The van der Waals surface area contributed by atoms with E-state index >= 15 is 0 Å². The minimum Gasteiger partial charge on any atom is -0.0856 e. The van der Waals surface area contributed by atoms with Gasteiger partial charge >= 0.3 is 0 Å². The van der Waals surface area contributed by atoms with Crippen LogP contribution in [0.25, 0.3) is 0 Å². The molecule has 0 aliphatic heterocycles. The second-order valence-corrected chi connectivity index (χ2v) is 5.67. The van der Waals surface area contributed by atoms with Crippen LogP contribution in [0.2, 0.25) is 0 Å². The fraction of sp³-hybridized carbons (Fsp3) is 0.684. The van der Waals surface area contributed by atoms with Crippen LogP contribution in [0.4, 0.5) is 0 Å². The Morgan fingerprint density at radius 1 is 0.789 bits per heavy atom. The van der Waals surface area contributed by atoms with Gasteiger partial charge in [0.05, 0.1) is 0 Å². The molecule has 0 aliphatic rings. The van der Waals surface area contributed by atoms with E-state index in [-0.39, 0.29) is 0 Å². The van der Waals surface area contributed by atoms with Crippen LogP contribution in [0.5, 0.6) is 0 Å². The molecule has 0 unspecified atom stereocenters. The molecular formula is C19H36. The Labute approximate surface area is 122 Å². The first-order valence-electron chi connectivity index (χ1n) is 7.88. The Morgan fingerprint density at radius 2 is 1.26 bits per heavy atom. The molecule has 0 saturated heterocycles. The summed E-state index contributed by atoms with van der Waals surface area (Å²) in [5.41, 5.74) is 4.47. The lowest BCUT2D eigenvalue weighted by Crippen LogP contribution is -1.84. The molecule has 112 valence electrons. The molecule has 0 heterocycles. The fourth-order valence-corrected chi connectivity index (χ4v) is 1.89. The third-order valence-electron chi connectivity index (χ3n) is 2.74. The van der Waals surface area contributed by atoms with Crippen molar-refractivity contribution in [3.05, 3.63) is 34.9 Å². The molecule has 0 aromatic carbocycles. The van der Waals surface area contributed by atoms with Crippen molar-refractivity contribution in [2.45, 2.75) is 81.1 Å². The van der Waals surface area contributed by atoms with Crippen LogP contribution in [0.15, 0.2) is 34.9 Å². The Hall–Kier alpha value is -0.780. The largest absolute Gasteiger partial charge is 0.0856 e. The summed E-state index contributed by atoms with van der Waals surface area (Å²) < 4.78 is 0. The average Bonchev–Trinajstić information content (AvgIpc) is 2.30. The summed E-state index contributed by atoms with van der Waals surface area (Å²) in [6, 6.07) is 0. The normalized spacial score (nSPS) is 12.1. The number of hydrogen-bond acceptors (Lipinski definition) is 0. The van der Waals surface area contributed by atoms with Gasteiger partial charge in [-0.15, -0.1) is 0 Å². The molecule has 0 amide bonds. The second kappa shape index (κ2) is 13.6. The van der Waals surface area contributed by atoms with Crippen LogP contribution in [0, 0.1) is 5.92 Å². The zero-order chi connectivity index (χ0) is 15.3. The Morgan fingerprint density at radius 3 is 1.74 bits per heavy atom. The summed E-state index contributed by atoms with van der Waals surface area (Å²) in [7, 11) is 0. The monoisotopic (exact) mass is 264 g/mol. The van der Waals surface area contributed by atoms with Crippen LogP contribution in [0.3, 0.4) is 0 Å². The minimum atomic E-state index is 0.678. The van der Waals surface area contributed by atoms with Gasteiger partial charge in [-0.2, -0.15) is 0 Å². The van der Waals surface area contributed by atoms with E-state index in [1.165, 1.54) is 42.4 Å². The molecule has 0 fully saturated rings. The Bertz CT molecular complexity index is 283. The Kier molecular flexibility index (Phi) is 14.8. The highest BCUT2D eigenvalue weighted by atomic mass is 14.0. The van der Waals surface area contributed by atoms with E-state index in [4.69, 9.17) is 0 Å². The third-order valence-corrected chi connectivity index (χ3v) is 2.74. The lowest BCUT2D eigenvalue weighted by atomic mass is 10.0. The minimum absolute atomic E-state index is 0.678. The number of allylic oxidation sites excluding steroid dienone is 6. The maximum absolute atomic E-state index is 2.40. The summed E-state index contributed by atoms with van der Waals surface area (Å²) in [5, 5.41) is 0. The first kappa shape index (κ1) is 20.5. The maximum atomic E-state index is 2.40. The summed E-state index contributed by atoms with van der Waals surface area (Å²) in [5.74, 6) is 0.678. The van der Waals surface area contributed by atoms with E-state index in [1.54, 1.807) is 0 Å². The zero-order valence-electron chi connectivity index (χ0n) is 14.6. The number of rotatable bonds is 7. The standard InChI is InChI=1S/C17H30.C2H6/c1-14(2)9-7-10-16(5)11-8-12-17(6)13-15(3)4;1-2/h9,11,13,15H,7-8,10,12H2,1-6H3;1-2H3/b16-11+,17-13+;. The van der Waals surface area contributed by atoms with E-state index in [2.05, 4.69) is 59.8 Å². The molecule has 0 aliphatic carbocycles.